The van der Waals surface area contributed by atoms with Crippen molar-refractivity contribution in [2.75, 3.05) is 6.54 Å². The van der Waals surface area contributed by atoms with E-state index in [-0.39, 0.29) is 17.2 Å². The molecule has 0 amide bonds. The summed E-state index contributed by atoms with van der Waals surface area (Å²) in [5.41, 5.74) is -0.451. The molecule has 15 heavy (non-hydrogen) atoms. The minimum atomic E-state index is -0.343. The summed E-state index contributed by atoms with van der Waals surface area (Å²) < 4.78 is 5.91. The Bertz CT molecular complexity index is 251. The maximum atomic E-state index is 9.20. The molecule has 0 aromatic heterocycles. The Morgan fingerprint density at radius 2 is 2.20 bits per heavy atom. The van der Waals surface area contributed by atoms with Gasteiger partial charge in [0.2, 0.25) is 0 Å². The van der Waals surface area contributed by atoms with Crippen LogP contribution in [0, 0.1) is 11.3 Å². The minimum Gasteiger partial charge on any atom is -0.373 e. The van der Waals surface area contributed by atoms with E-state index in [4.69, 9.17) is 4.74 Å². The van der Waals surface area contributed by atoms with Crippen LogP contribution in [0.4, 0.5) is 0 Å². The zero-order valence-electron chi connectivity index (χ0n) is 10.3. The Balaban J connectivity index is 2.54. The summed E-state index contributed by atoms with van der Waals surface area (Å²) in [7, 11) is 0. The Morgan fingerprint density at radius 1 is 1.53 bits per heavy atom. The molecule has 1 N–H and O–H groups in total. The average molecular weight is 210 g/mol. The van der Waals surface area contributed by atoms with E-state index in [0.717, 1.165) is 25.8 Å². The second-order valence-electron chi connectivity index (χ2n) is 5.32. The molecule has 1 aliphatic carbocycles. The molecule has 1 saturated carbocycles. The number of rotatable bonds is 3. The second kappa shape index (κ2) is 4.51. The first-order chi connectivity index (χ1) is 6.91. The molecule has 3 nitrogen and oxygen atoms in total. The highest BCUT2D eigenvalue weighted by Gasteiger charge is 2.40. The third-order valence-electron chi connectivity index (χ3n) is 2.72. The maximum absolute atomic E-state index is 9.20. The van der Waals surface area contributed by atoms with E-state index >= 15 is 0 Å². The number of nitrogens with one attached hydrogen (secondary N) is 1. The summed E-state index contributed by atoms with van der Waals surface area (Å²) in [5.74, 6) is 0. The molecule has 1 fully saturated rings. The number of hydrogen-bond donors (Lipinski definition) is 1. The zero-order chi connectivity index (χ0) is 11.5. The molecular formula is C12H22N2O. The van der Waals surface area contributed by atoms with Crippen LogP contribution in [0.5, 0.6) is 0 Å². The first kappa shape index (κ1) is 12.5. The first-order valence-corrected chi connectivity index (χ1v) is 5.75. The first-order valence-electron chi connectivity index (χ1n) is 5.75. The summed E-state index contributed by atoms with van der Waals surface area (Å²) in [4.78, 5) is 0. The van der Waals surface area contributed by atoms with Gasteiger partial charge in [0.05, 0.1) is 17.8 Å². The molecule has 0 aliphatic heterocycles. The predicted octanol–water partition coefficient (Wildman–Crippen LogP) is 2.23. The summed E-state index contributed by atoms with van der Waals surface area (Å²) in [6.45, 7) is 9.07. The fraction of sp³-hybridized carbons (Fsp3) is 0.917. The number of hydrogen-bond acceptors (Lipinski definition) is 3. The van der Waals surface area contributed by atoms with Crippen molar-refractivity contribution in [3.8, 4) is 6.07 Å². The molecule has 0 heterocycles. The predicted molar refractivity (Wildman–Crippen MR) is 60.5 cm³/mol. The van der Waals surface area contributed by atoms with E-state index in [9.17, 15) is 5.26 Å². The zero-order valence-corrected chi connectivity index (χ0v) is 10.3. The van der Waals surface area contributed by atoms with Gasteiger partial charge in [-0.3, -0.25) is 5.32 Å². The molecule has 0 spiro atoms. The lowest BCUT2D eigenvalue weighted by molar-refractivity contribution is -0.0576. The van der Waals surface area contributed by atoms with Gasteiger partial charge >= 0.3 is 0 Å². The molecule has 0 radical (unpaired) electrons. The largest absolute Gasteiger partial charge is 0.373 e. The van der Waals surface area contributed by atoms with E-state index in [1.54, 1.807) is 0 Å². The highest BCUT2D eigenvalue weighted by Crippen LogP contribution is 2.33. The highest BCUT2D eigenvalue weighted by atomic mass is 16.5. The molecular weight excluding hydrogens is 188 g/mol. The summed E-state index contributed by atoms with van der Waals surface area (Å²) in [6.07, 6.45) is 2.92. The molecule has 1 aliphatic rings. The van der Waals surface area contributed by atoms with Crippen molar-refractivity contribution in [2.45, 2.75) is 64.2 Å². The van der Waals surface area contributed by atoms with Gasteiger partial charge in [0.1, 0.15) is 5.54 Å². The molecule has 0 saturated heterocycles. The molecule has 2 unspecified atom stereocenters. The third-order valence-corrected chi connectivity index (χ3v) is 2.72. The van der Waals surface area contributed by atoms with E-state index in [0.29, 0.717) is 0 Å². The van der Waals surface area contributed by atoms with E-state index in [1.165, 1.54) is 0 Å². The maximum Gasteiger partial charge on any atom is 0.109 e. The number of nitrogens with zero attached hydrogens (tertiary/aromatic N) is 1. The summed E-state index contributed by atoms with van der Waals surface area (Å²) >= 11 is 0. The topological polar surface area (TPSA) is 45.0 Å². The quantitative estimate of drug-likeness (QED) is 0.777. The van der Waals surface area contributed by atoms with Gasteiger partial charge in [-0.05, 0) is 40.2 Å². The summed E-state index contributed by atoms with van der Waals surface area (Å²) in [5, 5.41) is 12.5. The molecule has 0 bridgehead atoms. The van der Waals surface area contributed by atoms with Crippen molar-refractivity contribution in [3.05, 3.63) is 0 Å². The number of nitriles is 1. The molecule has 3 heteroatoms. The van der Waals surface area contributed by atoms with Gasteiger partial charge in [-0.25, -0.2) is 0 Å². The third kappa shape index (κ3) is 3.48. The Morgan fingerprint density at radius 3 is 2.67 bits per heavy atom. The van der Waals surface area contributed by atoms with Crippen molar-refractivity contribution in [3.63, 3.8) is 0 Å². The average Bonchev–Trinajstić information content (AvgIpc) is 2.47. The van der Waals surface area contributed by atoms with Crippen LogP contribution < -0.4 is 5.32 Å². The standard InChI is InChI=1S/C12H22N2O/c1-5-14-12(9-13)7-6-10(8-12)15-11(2,3)4/h10,14H,5-8H2,1-4H3. The van der Waals surface area contributed by atoms with Gasteiger partial charge in [-0.15, -0.1) is 0 Å². The van der Waals surface area contributed by atoms with Crippen molar-refractivity contribution in [1.29, 1.82) is 5.26 Å². The molecule has 2 atom stereocenters. The van der Waals surface area contributed by atoms with Gasteiger partial charge in [-0.2, -0.15) is 5.26 Å². The van der Waals surface area contributed by atoms with Crippen LogP contribution in [0.1, 0.15) is 47.0 Å². The Kier molecular flexibility index (Phi) is 3.75. The van der Waals surface area contributed by atoms with E-state index < -0.39 is 0 Å². The fourth-order valence-corrected chi connectivity index (χ4v) is 2.24. The summed E-state index contributed by atoms with van der Waals surface area (Å²) in [6, 6.07) is 2.40. The Labute approximate surface area is 92.8 Å². The lowest BCUT2D eigenvalue weighted by Gasteiger charge is -2.26. The second-order valence-corrected chi connectivity index (χ2v) is 5.32. The lowest BCUT2D eigenvalue weighted by Crippen LogP contribution is -2.42. The van der Waals surface area contributed by atoms with Gasteiger partial charge < -0.3 is 4.74 Å². The van der Waals surface area contributed by atoms with Crippen LogP contribution in [-0.4, -0.2) is 23.8 Å². The van der Waals surface area contributed by atoms with Crippen molar-refractivity contribution >= 4 is 0 Å². The SMILES string of the molecule is CCNC1(C#N)CCC(OC(C)(C)C)C1. The molecule has 0 aromatic rings. The molecule has 86 valence electrons. The fourth-order valence-electron chi connectivity index (χ4n) is 2.24. The number of ether oxygens (including phenoxy) is 1. The van der Waals surface area contributed by atoms with Crippen LogP contribution in [0.25, 0.3) is 0 Å². The Hall–Kier alpha value is -0.590. The molecule has 0 aromatic carbocycles. The van der Waals surface area contributed by atoms with E-state index in [1.807, 2.05) is 6.92 Å². The molecule has 1 rings (SSSR count). The monoisotopic (exact) mass is 210 g/mol. The van der Waals surface area contributed by atoms with Gasteiger partial charge in [-0.1, -0.05) is 6.92 Å². The van der Waals surface area contributed by atoms with E-state index in [2.05, 4.69) is 32.2 Å². The van der Waals surface area contributed by atoms with Crippen molar-refractivity contribution < 1.29 is 4.74 Å². The lowest BCUT2D eigenvalue weighted by atomic mass is 10.00. The normalized spacial score (nSPS) is 31.5. The van der Waals surface area contributed by atoms with Crippen molar-refractivity contribution in [2.24, 2.45) is 0 Å². The van der Waals surface area contributed by atoms with Crippen molar-refractivity contribution in [1.82, 2.24) is 5.32 Å². The van der Waals surface area contributed by atoms with Gasteiger partial charge in [0.25, 0.3) is 0 Å². The van der Waals surface area contributed by atoms with Crippen LogP contribution in [0.15, 0.2) is 0 Å². The van der Waals surface area contributed by atoms with Gasteiger partial charge in [0.15, 0.2) is 0 Å². The van der Waals surface area contributed by atoms with Gasteiger partial charge in [0, 0.05) is 6.42 Å². The van der Waals surface area contributed by atoms with Crippen LogP contribution in [0.2, 0.25) is 0 Å². The highest BCUT2D eigenvalue weighted by molar-refractivity contribution is 5.12. The van der Waals surface area contributed by atoms with Crippen LogP contribution in [-0.2, 0) is 4.74 Å². The minimum absolute atomic E-state index is 0.109. The van der Waals surface area contributed by atoms with Crippen LogP contribution in [0.3, 0.4) is 0 Å². The van der Waals surface area contributed by atoms with Crippen LogP contribution >= 0.6 is 0 Å². The smallest absolute Gasteiger partial charge is 0.109 e.